The summed E-state index contributed by atoms with van der Waals surface area (Å²) in [5, 5.41) is 10.9. The third-order valence-electron chi connectivity index (χ3n) is 4.21. The highest BCUT2D eigenvalue weighted by molar-refractivity contribution is 7.10. The van der Waals surface area contributed by atoms with Gasteiger partial charge >= 0.3 is 5.97 Å². The molecule has 1 unspecified atom stereocenters. The van der Waals surface area contributed by atoms with Gasteiger partial charge in [0, 0.05) is 11.4 Å². The summed E-state index contributed by atoms with van der Waals surface area (Å²) in [5.41, 5.74) is 2.28. The number of amides is 1. The van der Waals surface area contributed by atoms with E-state index >= 15 is 0 Å². The summed E-state index contributed by atoms with van der Waals surface area (Å²) in [6.07, 6.45) is 0.852. The number of aliphatic carboxylic acids is 1. The smallest absolute Gasteiger partial charge is 0.317 e. The van der Waals surface area contributed by atoms with Crippen molar-refractivity contribution in [2.75, 3.05) is 26.7 Å². The Morgan fingerprint density at radius 2 is 2.00 bits per heavy atom. The molecule has 0 saturated carbocycles. The number of carbonyl (C=O) groups excluding carboxylic acids is 1. The van der Waals surface area contributed by atoms with Crippen LogP contribution in [0.2, 0.25) is 0 Å². The lowest BCUT2D eigenvalue weighted by atomic mass is 9.93. The summed E-state index contributed by atoms with van der Waals surface area (Å²) >= 11 is 1.73. The minimum Gasteiger partial charge on any atom is -0.480 e. The van der Waals surface area contributed by atoms with E-state index in [1.54, 1.807) is 18.4 Å². The van der Waals surface area contributed by atoms with Gasteiger partial charge in [-0.05, 0) is 36.0 Å². The number of benzene rings is 1. The Morgan fingerprint density at radius 3 is 2.71 bits per heavy atom. The van der Waals surface area contributed by atoms with Crippen molar-refractivity contribution in [3.05, 3.63) is 57.8 Å². The zero-order valence-electron chi connectivity index (χ0n) is 13.5. The van der Waals surface area contributed by atoms with Crippen molar-refractivity contribution in [1.29, 1.82) is 0 Å². The van der Waals surface area contributed by atoms with Gasteiger partial charge in [-0.2, -0.15) is 0 Å². The second-order valence-corrected chi connectivity index (χ2v) is 7.02. The largest absolute Gasteiger partial charge is 0.480 e. The van der Waals surface area contributed by atoms with Crippen LogP contribution in [0.25, 0.3) is 0 Å². The van der Waals surface area contributed by atoms with Crippen molar-refractivity contribution in [1.82, 2.24) is 9.80 Å². The molecule has 0 bridgehead atoms. The molecule has 0 radical (unpaired) electrons. The monoisotopic (exact) mass is 344 g/mol. The third-order valence-corrected chi connectivity index (χ3v) is 5.21. The molecule has 1 atom stereocenters. The van der Waals surface area contributed by atoms with E-state index in [1.165, 1.54) is 15.3 Å². The minimum absolute atomic E-state index is 0.0375. The molecule has 0 spiro atoms. The van der Waals surface area contributed by atoms with Crippen molar-refractivity contribution >= 4 is 23.2 Å². The van der Waals surface area contributed by atoms with Gasteiger partial charge in [0.1, 0.15) is 0 Å². The molecule has 1 aliphatic rings. The number of hydrogen-bond acceptors (Lipinski definition) is 4. The van der Waals surface area contributed by atoms with Gasteiger partial charge < -0.3 is 10.0 Å². The molecular weight excluding hydrogens is 324 g/mol. The molecule has 0 aliphatic carbocycles. The minimum atomic E-state index is -0.927. The summed E-state index contributed by atoms with van der Waals surface area (Å²) in [6, 6.07) is 12.0. The van der Waals surface area contributed by atoms with E-state index in [1.807, 2.05) is 35.2 Å². The van der Waals surface area contributed by atoms with Crippen LogP contribution in [0.15, 0.2) is 41.8 Å². The van der Waals surface area contributed by atoms with Crippen molar-refractivity contribution in [2.45, 2.75) is 12.5 Å². The zero-order chi connectivity index (χ0) is 17.1. The highest BCUT2D eigenvalue weighted by Gasteiger charge is 2.32. The molecule has 6 heteroatoms. The van der Waals surface area contributed by atoms with E-state index in [-0.39, 0.29) is 25.0 Å². The molecule has 2 aromatic rings. The normalized spacial score (nSPS) is 16.9. The van der Waals surface area contributed by atoms with Gasteiger partial charge in [0.25, 0.3) is 0 Å². The second-order valence-electron chi connectivity index (χ2n) is 6.02. The fraction of sp³-hybridized carbons (Fsp3) is 0.333. The predicted molar refractivity (Wildman–Crippen MR) is 93.2 cm³/mol. The average Bonchev–Trinajstić information content (AvgIpc) is 3.02. The number of rotatable bonds is 5. The van der Waals surface area contributed by atoms with Crippen LogP contribution < -0.4 is 0 Å². The van der Waals surface area contributed by atoms with Gasteiger partial charge in [-0.3, -0.25) is 14.5 Å². The topological polar surface area (TPSA) is 60.9 Å². The van der Waals surface area contributed by atoms with Crippen LogP contribution in [0.3, 0.4) is 0 Å². The summed E-state index contributed by atoms with van der Waals surface area (Å²) in [7, 11) is 1.66. The molecule has 1 aromatic carbocycles. The van der Waals surface area contributed by atoms with Gasteiger partial charge in [-0.15, -0.1) is 11.3 Å². The Balaban J connectivity index is 1.86. The van der Waals surface area contributed by atoms with E-state index in [4.69, 9.17) is 5.11 Å². The zero-order valence-corrected chi connectivity index (χ0v) is 14.3. The second kappa shape index (κ2) is 7.15. The molecule has 2 heterocycles. The molecule has 1 N–H and O–H groups in total. The molecule has 0 fully saturated rings. The van der Waals surface area contributed by atoms with Gasteiger partial charge in [-0.1, -0.05) is 30.3 Å². The van der Waals surface area contributed by atoms with Crippen LogP contribution in [0.4, 0.5) is 0 Å². The van der Waals surface area contributed by atoms with Crippen LogP contribution in [0, 0.1) is 0 Å². The van der Waals surface area contributed by atoms with Crippen molar-refractivity contribution in [3.63, 3.8) is 0 Å². The maximum Gasteiger partial charge on any atom is 0.317 e. The highest BCUT2D eigenvalue weighted by Crippen LogP contribution is 2.37. The first kappa shape index (κ1) is 16.7. The summed E-state index contributed by atoms with van der Waals surface area (Å²) < 4.78 is 0. The quantitative estimate of drug-likeness (QED) is 0.904. The van der Waals surface area contributed by atoms with E-state index < -0.39 is 5.97 Å². The van der Waals surface area contributed by atoms with Gasteiger partial charge in [0.15, 0.2) is 0 Å². The molecule has 5 nitrogen and oxygen atoms in total. The SMILES string of the molecule is CN(CC(=O)O)CC(=O)N1CCc2sccc2C1c1ccccc1. The number of fused-ring (bicyclic) bond motifs is 1. The Morgan fingerprint density at radius 1 is 1.25 bits per heavy atom. The Hall–Kier alpha value is -2.18. The fourth-order valence-corrected chi connectivity index (χ4v) is 4.09. The first-order chi connectivity index (χ1) is 11.6. The summed E-state index contributed by atoms with van der Waals surface area (Å²) in [4.78, 5) is 28.4. The number of carboxylic acids is 1. The lowest BCUT2D eigenvalue weighted by molar-refractivity contribution is -0.139. The Bertz CT molecular complexity index is 729. The highest BCUT2D eigenvalue weighted by atomic mass is 32.1. The molecule has 1 amide bonds. The average molecular weight is 344 g/mol. The standard InChI is InChI=1S/C18H20N2O3S/c1-19(12-17(22)23)11-16(21)20-9-7-15-14(8-10-24-15)18(20)13-5-3-2-4-6-13/h2-6,8,10,18H,7,9,11-12H2,1H3,(H,22,23). The van der Waals surface area contributed by atoms with E-state index in [0.717, 1.165) is 12.0 Å². The Kier molecular flexibility index (Phi) is 4.97. The summed E-state index contributed by atoms with van der Waals surface area (Å²) in [5.74, 6) is -0.965. The lowest BCUT2D eigenvalue weighted by Gasteiger charge is -2.37. The number of nitrogens with zero attached hydrogens (tertiary/aromatic N) is 2. The van der Waals surface area contributed by atoms with E-state index in [9.17, 15) is 9.59 Å². The van der Waals surface area contributed by atoms with Crippen molar-refractivity contribution in [3.8, 4) is 0 Å². The van der Waals surface area contributed by atoms with E-state index in [0.29, 0.717) is 6.54 Å². The van der Waals surface area contributed by atoms with E-state index in [2.05, 4.69) is 11.4 Å². The maximum absolute atomic E-state index is 12.8. The Labute approximate surface area is 145 Å². The fourth-order valence-electron chi connectivity index (χ4n) is 3.19. The molecule has 1 aliphatic heterocycles. The van der Waals surface area contributed by atoms with Gasteiger partial charge in [0.05, 0.1) is 19.1 Å². The van der Waals surface area contributed by atoms with Gasteiger partial charge in [-0.25, -0.2) is 0 Å². The van der Waals surface area contributed by atoms with Crippen molar-refractivity contribution < 1.29 is 14.7 Å². The molecule has 24 heavy (non-hydrogen) atoms. The number of thiophene rings is 1. The van der Waals surface area contributed by atoms with Crippen LogP contribution in [-0.2, 0) is 16.0 Å². The first-order valence-electron chi connectivity index (χ1n) is 7.87. The first-order valence-corrected chi connectivity index (χ1v) is 8.75. The van der Waals surface area contributed by atoms with Gasteiger partial charge in [0.2, 0.25) is 5.91 Å². The molecular formula is C18H20N2O3S. The van der Waals surface area contributed by atoms with Crippen LogP contribution >= 0.6 is 11.3 Å². The number of hydrogen-bond donors (Lipinski definition) is 1. The summed E-state index contributed by atoms with van der Waals surface area (Å²) in [6.45, 7) is 0.626. The predicted octanol–water partition coefficient (Wildman–Crippen LogP) is 2.24. The third kappa shape index (κ3) is 3.49. The number of likely N-dealkylation sites (N-methyl/N-ethyl adjacent to an activating group) is 1. The number of carboxylic acid groups (broad SMARTS) is 1. The molecule has 3 rings (SSSR count). The molecule has 1 aromatic heterocycles. The van der Waals surface area contributed by atoms with Crippen LogP contribution in [0.1, 0.15) is 22.0 Å². The maximum atomic E-state index is 12.8. The lowest BCUT2D eigenvalue weighted by Crippen LogP contribution is -2.45. The number of carbonyl (C=O) groups is 2. The van der Waals surface area contributed by atoms with Crippen LogP contribution in [0.5, 0.6) is 0 Å². The van der Waals surface area contributed by atoms with Crippen molar-refractivity contribution in [2.24, 2.45) is 0 Å². The molecule has 126 valence electrons. The molecule has 0 saturated heterocycles. The van der Waals surface area contributed by atoms with Crippen LogP contribution in [-0.4, -0.2) is 53.5 Å².